The van der Waals surface area contributed by atoms with Gasteiger partial charge < -0.3 is 14.5 Å². The Morgan fingerprint density at radius 2 is 1.51 bits per heavy atom. The molecule has 0 radical (unpaired) electrons. The molecule has 6 heteroatoms. The van der Waals surface area contributed by atoms with E-state index in [1.54, 1.807) is 4.90 Å². The number of amides is 2. The largest absolute Gasteiger partial charge is 0.459 e. The van der Waals surface area contributed by atoms with Crippen LogP contribution < -0.4 is 0 Å². The summed E-state index contributed by atoms with van der Waals surface area (Å²) >= 11 is 0. The number of esters is 1. The molecule has 1 saturated heterocycles. The lowest BCUT2D eigenvalue weighted by Crippen LogP contribution is -2.49. The van der Waals surface area contributed by atoms with Gasteiger partial charge in [-0.2, -0.15) is 0 Å². The zero-order chi connectivity index (χ0) is 24.2. The van der Waals surface area contributed by atoms with Crippen molar-refractivity contribution in [3.05, 3.63) is 83.4 Å². The van der Waals surface area contributed by atoms with Crippen LogP contribution in [0.4, 0.5) is 0 Å². The molecule has 35 heavy (non-hydrogen) atoms. The number of ether oxygens (including phenoxy) is 1. The van der Waals surface area contributed by atoms with Crippen molar-refractivity contribution in [2.24, 2.45) is 11.8 Å². The van der Waals surface area contributed by atoms with Gasteiger partial charge in [-0.3, -0.25) is 9.59 Å². The van der Waals surface area contributed by atoms with Crippen molar-refractivity contribution in [1.82, 2.24) is 9.80 Å². The minimum Gasteiger partial charge on any atom is -0.459 e. The van der Waals surface area contributed by atoms with Crippen molar-refractivity contribution in [3.63, 3.8) is 0 Å². The molecule has 0 aromatic heterocycles. The van der Waals surface area contributed by atoms with Crippen LogP contribution in [0.5, 0.6) is 0 Å². The van der Waals surface area contributed by atoms with Crippen molar-refractivity contribution in [1.29, 1.82) is 0 Å². The number of rotatable bonds is 5. The van der Waals surface area contributed by atoms with Gasteiger partial charge in [-0.05, 0) is 48.8 Å². The summed E-state index contributed by atoms with van der Waals surface area (Å²) in [7, 11) is 0. The van der Waals surface area contributed by atoms with E-state index in [2.05, 4.69) is 12.1 Å². The van der Waals surface area contributed by atoms with Crippen molar-refractivity contribution < 1.29 is 19.1 Å². The van der Waals surface area contributed by atoms with Crippen LogP contribution in [0.15, 0.2) is 66.7 Å². The number of hydrogen-bond acceptors (Lipinski definition) is 4. The summed E-state index contributed by atoms with van der Waals surface area (Å²) in [6.45, 7) is 1.99. The van der Waals surface area contributed by atoms with Gasteiger partial charge in [0.15, 0.2) is 0 Å². The zero-order valence-corrected chi connectivity index (χ0v) is 20.0. The van der Waals surface area contributed by atoms with Crippen molar-refractivity contribution in [2.45, 2.75) is 51.3 Å². The number of fused-ring (bicyclic) bond motifs is 1. The van der Waals surface area contributed by atoms with Crippen LogP contribution in [-0.2, 0) is 38.7 Å². The molecule has 2 unspecified atom stereocenters. The number of nitrogens with zero attached hydrogens (tertiary/aromatic N) is 2. The van der Waals surface area contributed by atoms with Crippen molar-refractivity contribution in [2.75, 3.05) is 13.1 Å². The van der Waals surface area contributed by atoms with E-state index < -0.39 is 12.0 Å². The molecular weight excluding hydrogens is 440 g/mol. The van der Waals surface area contributed by atoms with E-state index in [1.807, 2.05) is 59.5 Å². The normalized spacial score (nSPS) is 23.6. The first kappa shape index (κ1) is 23.3. The van der Waals surface area contributed by atoms with Gasteiger partial charge in [0.05, 0.1) is 11.8 Å². The van der Waals surface area contributed by atoms with Gasteiger partial charge in [-0.25, -0.2) is 4.79 Å². The van der Waals surface area contributed by atoms with Crippen LogP contribution in [0.3, 0.4) is 0 Å². The third-order valence-corrected chi connectivity index (χ3v) is 7.54. The molecule has 0 spiro atoms. The number of carbonyl (C=O) groups excluding carboxylic acids is 3. The number of benzene rings is 2. The molecule has 0 N–H and O–H groups in total. The molecule has 0 bridgehead atoms. The van der Waals surface area contributed by atoms with E-state index in [9.17, 15) is 14.4 Å². The van der Waals surface area contributed by atoms with Gasteiger partial charge in [-0.15, -0.1) is 0 Å². The molecule has 1 fully saturated rings. The minimum absolute atomic E-state index is 0.0459. The fourth-order valence-electron chi connectivity index (χ4n) is 5.59. The Balaban J connectivity index is 1.26. The van der Waals surface area contributed by atoms with E-state index in [0.29, 0.717) is 38.9 Å². The van der Waals surface area contributed by atoms with Crippen LogP contribution in [0, 0.1) is 11.8 Å². The van der Waals surface area contributed by atoms with E-state index in [0.717, 1.165) is 18.4 Å². The highest BCUT2D eigenvalue weighted by atomic mass is 16.5. The van der Waals surface area contributed by atoms with Crippen LogP contribution in [0.2, 0.25) is 0 Å². The Morgan fingerprint density at radius 1 is 0.829 bits per heavy atom. The summed E-state index contributed by atoms with van der Waals surface area (Å²) in [5.74, 6) is -1.23. The Labute approximate surface area is 206 Å². The van der Waals surface area contributed by atoms with Crippen LogP contribution in [0.25, 0.3) is 0 Å². The maximum absolute atomic E-state index is 13.7. The summed E-state index contributed by atoms with van der Waals surface area (Å²) in [5.41, 5.74) is 3.40. The fourth-order valence-corrected chi connectivity index (χ4v) is 5.59. The molecule has 2 heterocycles. The average Bonchev–Trinajstić information content (AvgIpc) is 3.41. The van der Waals surface area contributed by atoms with E-state index in [1.165, 1.54) is 11.1 Å². The zero-order valence-electron chi connectivity index (χ0n) is 20.0. The second kappa shape index (κ2) is 10.5. The summed E-state index contributed by atoms with van der Waals surface area (Å²) in [4.78, 5) is 43.8. The van der Waals surface area contributed by atoms with Gasteiger partial charge in [0.25, 0.3) is 0 Å². The lowest BCUT2D eigenvalue weighted by molar-refractivity contribution is -0.157. The van der Waals surface area contributed by atoms with Crippen molar-refractivity contribution >= 4 is 17.8 Å². The predicted molar refractivity (Wildman–Crippen MR) is 132 cm³/mol. The number of hydrogen-bond donors (Lipinski definition) is 0. The maximum atomic E-state index is 13.7. The summed E-state index contributed by atoms with van der Waals surface area (Å²) in [6.07, 6.45) is 7.30. The highest BCUT2D eigenvalue weighted by Crippen LogP contribution is 2.33. The Morgan fingerprint density at radius 3 is 2.29 bits per heavy atom. The number of allylic oxidation sites excluding steroid dienone is 2. The van der Waals surface area contributed by atoms with E-state index in [-0.39, 0.29) is 30.3 Å². The molecule has 2 aliphatic heterocycles. The molecule has 0 saturated carbocycles. The Bertz CT molecular complexity index is 1110. The second-order valence-electron chi connectivity index (χ2n) is 9.72. The molecule has 3 aliphatic rings. The maximum Gasteiger partial charge on any atom is 0.329 e. The lowest BCUT2D eigenvalue weighted by atomic mass is 9.80. The van der Waals surface area contributed by atoms with E-state index in [4.69, 9.17) is 4.74 Å². The topological polar surface area (TPSA) is 66.9 Å². The van der Waals surface area contributed by atoms with Gasteiger partial charge in [0.1, 0.15) is 12.6 Å². The standard InChI is InChI=1S/C29H32N2O4/c32-27(30-18-16-22-11-4-5-12-23(22)19-30)24-13-6-7-14-25(24)28(33)31-17-8-15-26(31)29(34)35-20-21-9-2-1-3-10-21/h1-7,9-12,24-26H,8,13-20H2/t24?,25?,26-/m0/s1. The van der Waals surface area contributed by atoms with Crippen LogP contribution in [0.1, 0.15) is 42.4 Å². The quantitative estimate of drug-likeness (QED) is 0.489. The molecule has 2 amide bonds. The third kappa shape index (κ3) is 5.02. The van der Waals surface area contributed by atoms with Crippen LogP contribution in [-0.4, -0.2) is 46.7 Å². The smallest absolute Gasteiger partial charge is 0.329 e. The van der Waals surface area contributed by atoms with Gasteiger partial charge in [0, 0.05) is 19.6 Å². The Kier molecular flexibility index (Phi) is 6.98. The lowest BCUT2D eigenvalue weighted by Gasteiger charge is -2.36. The average molecular weight is 473 g/mol. The molecule has 3 atom stereocenters. The first-order chi connectivity index (χ1) is 17.1. The van der Waals surface area contributed by atoms with Crippen LogP contribution >= 0.6 is 0 Å². The first-order valence-corrected chi connectivity index (χ1v) is 12.6. The van der Waals surface area contributed by atoms with Gasteiger partial charge in [-0.1, -0.05) is 66.7 Å². The highest BCUT2D eigenvalue weighted by Gasteiger charge is 2.43. The Hall–Kier alpha value is -3.41. The number of likely N-dealkylation sites (tertiary alicyclic amines) is 1. The summed E-state index contributed by atoms with van der Waals surface area (Å²) in [6, 6.07) is 17.2. The molecule has 1 aliphatic carbocycles. The molecule has 2 aromatic carbocycles. The van der Waals surface area contributed by atoms with Gasteiger partial charge >= 0.3 is 5.97 Å². The minimum atomic E-state index is -0.574. The fraction of sp³-hybridized carbons (Fsp3) is 0.414. The predicted octanol–water partition coefficient (Wildman–Crippen LogP) is 3.89. The molecular formula is C29H32N2O4. The molecule has 2 aromatic rings. The highest BCUT2D eigenvalue weighted by molar-refractivity contribution is 5.91. The van der Waals surface area contributed by atoms with E-state index >= 15 is 0 Å². The monoisotopic (exact) mass is 472 g/mol. The molecule has 6 nitrogen and oxygen atoms in total. The number of carbonyl (C=O) groups is 3. The molecule has 5 rings (SSSR count). The van der Waals surface area contributed by atoms with Gasteiger partial charge in [0.2, 0.25) is 11.8 Å². The third-order valence-electron chi connectivity index (χ3n) is 7.54. The van der Waals surface area contributed by atoms with Crippen molar-refractivity contribution in [3.8, 4) is 0 Å². The molecule has 182 valence electrons. The summed E-state index contributed by atoms with van der Waals surface area (Å²) < 4.78 is 5.56. The summed E-state index contributed by atoms with van der Waals surface area (Å²) in [5, 5.41) is 0. The first-order valence-electron chi connectivity index (χ1n) is 12.6. The second-order valence-corrected chi connectivity index (χ2v) is 9.72. The SMILES string of the molecule is O=C(OCc1ccccc1)[C@@H]1CCCN1C(=O)C1CC=CCC1C(=O)N1CCc2ccccc2C1.